The summed E-state index contributed by atoms with van der Waals surface area (Å²) in [5.41, 5.74) is 5.11. The van der Waals surface area contributed by atoms with Gasteiger partial charge in [0.2, 0.25) is 0 Å². The van der Waals surface area contributed by atoms with Crippen LogP contribution in [0.5, 0.6) is 0 Å². The van der Waals surface area contributed by atoms with Gasteiger partial charge >= 0.3 is 6.03 Å². The highest BCUT2D eigenvalue weighted by atomic mass is 16.7. The van der Waals surface area contributed by atoms with Crippen LogP contribution >= 0.6 is 0 Å². The number of fused-ring (bicyclic) bond motifs is 1. The van der Waals surface area contributed by atoms with E-state index in [0.717, 1.165) is 41.1 Å². The van der Waals surface area contributed by atoms with E-state index < -0.39 is 0 Å². The summed E-state index contributed by atoms with van der Waals surface area (Å²) >= 11 is 0. The zero-order valence-electron chi connectivity index (χ0n) is 18.9. The average Bonchev–Trinajstić information content (AvgIpc) is 3.52. The van der Waals surface area contributed by atoms with Gasteiger partial charge in [-0.25, -0.2) is 9.78 Å². The van der Waals surface area contributed by atoms with Crippen LogP contribution in [0.4, 0.5) is 16.2 Å². The highest BCUT2D eigenvalue weighted by Crippen LogP contribution is 2.30. The lowest BCUT2D eigenvalue weighted by molar-refractivity contribution is -0.0829. The van der Waals surface area contributed by atoms with Gasteiger partial charge in [-0.15, -0.1) is 0 Å². The largest absolute Gasteiger partial charge is 0.382 e. The van der Waals surface area contributed by atoms with Crippen LogP contribution in [0.3, 0.4) is 0 Å². The van der Waals surface area contributed by atoms with Crippen LogP contribution < -0.4 is 10.6 Å². The van der Waals surface area contributed by atoms with Crippen LogP contribution in [0.25, 0.3) is 5.65 Å². The second-order valence-corrected chi connectivity index (χ2v) is 7.92. The van der Waals surface area contributed by atoms with Crippen molar-refractivity contribution in [1.82, 2.24) is 14.4 Å². The molecule has 0 spiro atoms. The molecule has 170 valence electrons. The molecule has 2 aromatic carbocycles. The van der Waals surface area contributed by atoms with Gasteiger partial charge in [0.1, 0.15) is 5.69 Å². The number of imidazole rings is 1. The first-order chi connectivity index (χ1) is 16.7. The summed E-state index contributed by atoms with van der Waals surface area (Å²) in [6.45, 7) is 3.38. The van der Waals surface area contributed by atoms with Crippen molar-refractivity contribution in [2.75, 3.05) is 23.8 Å². The molecule has 2 amide bonds. The molecule has 0 bridgehead atoms. The number of hydroxylamine groups is 2. The third-order valence-electron chi connectivity index (χ3n) is 5.64. The molecule has 0 unspecified atom stereocenters. The fraction of sp³-hybridized carbons (Fsp3) is 0.185. The molecule has 2 aromatic heterocycles. The zero-order valence-corrected chi connectivity index (χ0v) is 18.9. The lowest BCUT2D eigenvalue weighted by Gasteiger charge is -2.23. The van der Waals surface area contributed by atoms with Gasteiger partial charge in [0.05, 0.1) is 24.5 Å². The van der Waals surface area contributed by atoms with Crippen molar-refractivity contribution in [3.63, 3.8) is 0 Å². The molecule has 1 saturated heterocycles. The molecular formula is C27H25N5O2. The van der Waals surface area contributed by atoms with E-state index in [2.05, 4.69) is 34.4 Å². The Morgan fingerprint density at radius 2 is 2.00 bits per heavy atom. The van der Waals surface area contributed by atoms with Gasteiger partial charge in [0.15, 0.2) is 5.65 Å². The first-order valence-electron chi connectivity index (χ1n) is 11.3. The topological polar surface area (TPSA) is 70.9 Å². The number of amides is 2. The lowest BCUT2D eigenvalue weighted by atomic mass is 10.1. The van der Waals surface area contributed by atoms with Crippen LogP contribution in [0, 0.1) is 11.8 Å². The summed E-state index contributed by atoms with van der Waals surface area (Å²) in [5, 5.41) is 7.68. The predicted octanol–water partition coefficient (Wildman–Crippen LogP) is 5.08. The van der Waals surface area contributed by atoms with E-state index in [0.29, 0.717) is 12.3 Å². The van der Waals surface area contributed by atoms with Gasteiger partial charge < -0.3 is 10.6 Å². The third kappa shape index (κ3) is 4.45. The third-order valence-corrected chi connectivity index (χ3v) is 5.64. The van der Waals surface area contributed by atoms with Gasteiger partial charge in [0, 0.05) is 30.4 Å². The van der Waals surface area contributed by atoms with Gasteiger partial charge in [0.25, 0.3) is 0 Å². The number of hydrogen-bond donors (Lipinski definition) is 2. The average molecular weight is 452 g/mol. The van der Waals surface area contributed by atoms with Crippen molar-refractivity contribution in [2.45, 2.75) is 19.4 Å². The summed E-state index contributed by atoms with van der Waals surface area (Å²) < 4.78 is 1.96. The van der Waals surface area contributed by atoms with E-state index in [4.69, 9.17) is 4.84 Å². The first-order valence-corrected chi connectivity index (χ1v) is 11.3. The molecule has 0 saturated carbocycles. The molecule has 1 aliphatic heterocycles. The standard InChI is InChI=1S/C27H25N5O2/c1-2-28-24-12-7-16-31-23(19-29-26(24)31)14-13-20-8-6-11-22(18-20)30-27(33)32-25(15-17-34-32)21-9-4-3-5-10-21/h3-12,16,18-19,25,28H,2,15,17H2,1H3,(H,30,33)/t25-/m0/s1. The van der Waals surface area contributed by atoms with Crippen LogP contribution in [0.15, 0.2) is 79.1 Å². The first kappa shape index (κ1) is 21.6. The van der Waals surface area contributed by atoms with Gasteiger partial charge in [-0.2, -0.15) is 5.06 Å². The van der Waals surface area contributed by atoms with Crippen molar-refractivity contribution < 1.29 is 9.63 Å². The quantitative estimate of drug-likeness (QED) is 0.425. The fourth-order valence-corrected chi connectivity index (χ4v) is 4.07. The normalized spacial score (nSPS) is 15.1. The summed E-state index contributed by atoms with van der Waals surface area (Å²) in [7, 11) is 0. The van der Waals surface area contributed by atoms with E-state index in [1.54, 1.807) is 6.20 Å². The minimum absolute atomic E-state index is 0.105. The Labute approximate surface area is 198 Å². The van der Waals surface area contributed by atoms with E-state index in [1.807, 2.05) is 77.3 Å². The highest BCUT2D eigenvalue weighted by Gasteiger charge is 2.31. The predicted molar refractivity (Wildman–Crippen MR) is 132 cm³/mol. The molecule has 1 atom stereocenters. The summed E-state index contributed by atoms with van der Waals surface area (Å²) in [6.07, 6.45) is 4.48. The second kappa shape index (κ2) is 9.69. The molecule has 7 heteroatoms. The molecule has 5 rings (SSSR count). The SMILES string of the molecule is CCNc1cccn2c(C#Cc3cccc(NC(=O)N4OCC[C@H]4c4ccccc4)c3)cnc12. The molecule has 1 fully saturated rings. The van der Waals surface area contributed by atoms with E-state index in [9.17, 15) is 4.79 Å². The van der Waals surface area contributed by atoms with Gasteiger partial charge in [-0.1, -0.05) is 42.3 Å². The summed E-state index contributed by atoms with van der Waals surface area (Å²) in [6, 6.07) is 21.0. The van der Waals surface area contributed by atoms with Crippen LogP contribution in [-0.4, -0.2) is 33.6 Å². The Hall–Kier alpha value is -4.28. The second-order valence-electron chi connectivity index (χ2n) is 7.92. The Morgan fingerprint density at radius 1 is 1.12 bits per heavy atom. The maximum atomic E-state index is 12.9. The summed E-state index contributed by atoms with van der Waals surface area (Å²) in [5.74, 6) is 6.37. The number of pyridine rings is 1. The van der Waals surface area contributed by atoms with Gasteiger partial charge in [-0.05, 0) is 48.7 Å². The van der Waals surface area contributed by atoms with Gasteiger partial charge in [-0.3, -0.25) is 9.24 Å². The number of rotatable bonds is 4. The Morgan fingerprint density at radius 3 is 2.85 bits per heavy atom. The number of nitrogens with zero attached hydrogens (tertiary/aromatic N) is 3. The maximum Gasteiger partial charge on any atom is 0.346 e. The number of benzene rings is 2. The molecule has 0 radical (unpaired) electrons. The number of anilines is 2. The van der Waals surface area contributed by atoms with Crippen LogP contribution in [0.1, 0.15) is 36.2 Å². The number of carbonyl (C=O) groups excluding carboxylic acids is 1. The van der Waals surface area contributed by atoms with E-state index in [-0.39, 0.29) is 12.1 Å². The maximum absolute atomic E-state index is 12.9. The molecule has 34 heavy (non-hydrogen) atoms. The van der Waals surface area contributed by atoms with Crippen LogP contribution in [0.2, 0.25) is 0 Å². The highest BCUT2D eigenvalue weighted by molar-refractivity contribution is 5.89. The minimum atomic E-state index is -0.297. The molecule has 3 heterocycles. The number of hydrogen-bond acceptors (Lipinski definition) is 4. The number of urea groups is 1. The molecule has 2 N–H and O–H groups in total. The number of aromatic nitrogens is 2. The Kier molecular flexibility index (Phi) is 6.15. The Bertz CT molecular complexity index is 1370. The lowest BCUT2D eigenvalue weighted by Crippen LogP contribution is -2.33. The van der Waals surface area contributed by atoms with Crippen molar-refractivity contribution >= 4 is 23.1 Å². The summed E-state index contributed by atoms with van der Waals surface area (Å²) in [4.78, 5) is 23.1. The monoisotopic (exact) mass is 451 g/mol. The smallest absolute Gasteiger partial charge is 0.346 e. The molecule has 1 aliphatic rings. The number of carbonyl (C=O) groups is 1. The van der Waals surface area contributed by atoms with Crippen molar-refractivity contribution in [2.24, 2.45) is 0 Å². The molecule has 0 aliphatic carbocycles. The molecular weight excluding hydrogens is 426 g/mol. The van der Waals surface area contributed by atoms with Crippen molar-refractivity contribution in [3.05, 3.63) is 95.9 Å². The minimum Gasteiger partial charge on any atom is -0.382 e. The molecule has 7 nitrogen and oxygen atoms in total. The van der Waals surface area contributed by atoms with Crippen molar-refractivity contribution in [1.29, 1.82) is 0 Å². The Balaban J connectivity index is 1.32. The zero-order chi connectivity index (χ0) is 23.3. The van der Waals surface area contributed by atoms with E-state index >= 15 is 0 Å². The van der Waals surface area contributed by atoms with E-state index in [1.165, 1.54) is 5.06 Å². The van der Waals surface area contributed by atoms with Crippen molar-refractivity contribution in [3.8, 4) is 11.8 Å². The fourth-order valence-electron chi connectivity index (χ4n) is 4.07. The van der Waals surface area contributed by atoms with Crippen LogP contribution in [-0.2, 0) is 4.84 Å². The molecule has 4 aromatic rings. The number of nitrogens with one attached hydrogen (secondary N) is 2.